The van der Waals surface area contributed by atoms with Gasteiger partial charge < -0.3 is 0 Å². The van der Waals surface area contributed by atoms with Crippen LogP contribution in [-0.4, -0.2) is 0 Å². The van der Waals surface area contributed by atoms with Gasteiger partial charge in [0, 0.05) is 0 Å². The fraction of sp³-hybridized carbons (Fsp3) is 0.0943. The van der Waals surface area contributed by atoms with Gasteiger partial charge in [0.05, 0.1) is 5.41 Å². The molecular weight excluding hydrogens is 637 g/mol. The molecule has 4 aliphatic rings. The number of hydrogen-bond donors (Lipinski definition) is 0. The molecule has 53 heavy (non-hydrogen) atoms. The Morgan fingerprint density at radius 1 is 0.434 bits per heavy atom. The van der Waals surface area contributed by atoms with Crippen molar-refractivity contribution in [3.63, 3.8) is 0 Å². The predicted molar refractivity (Wildman–Crippen MR) is 223 cm³/mol. The van der Waals surface area contributed by atoms with E-state index in [9.17, 15) is 0 Å². The van der Waals surface area contributed by atoms with E-state index in [1.807, 2.05) is 0 Å². The Balaban J connectivity index is 1.19. The van der Waals surface area contributed by atoms with Gasteiger partial charge in [-0.3, -0.25) is 0 Å². The maximum absolute atomic E-state index is 2.55. The lowest BCUT2D eigenvalue weighted by atomic mass is 9.68. The molecule has 0 fully saturated rings. The average Bonchev–Trinajstić information content (AvgIpc) is 3.71. The van der Waals surface area contributed by atoms with Crippen molar-refractivity contribution in [2.45, 2.75) is 31.1 Å². The fourth-order valence-corrected chi connectivity index (χ4v) is 10.5. The summed E-state index contributed by atoms with van der Waals surface area (Å²) in [5.74, 6) is 0. The van der Waals surface area contributed by atoms with Gasteiger partial charge in [-0.05, 0) is 161 Å². The third-order valence-electron chi connectivity index (χ3n) is 12.8. The monoisotopic (exact) mass is 672 g/mol. The molecular formula is C53H36. The highest BCUT2D eigenvalue weighted by Crippen LogP contribution is 2.66. The van der Waals surface area contributed by atoms with Crippen LogP contribution in [0.1, 0.15) is 57.3 Å². The highest BCUT2D eigenvalue weighted by Gasteiger charge is 2.53. The first-order valence-corrected chi connectivity index (χ1v) is 19.2. The summed E-state index contributed by atoms with van der Waals surface area (Å²) in [5, 5.41) is 5.33. The van der Waals surface area contributed by atoms with E-state index in [2.05, 4.69) is 170 Å². The van der Waals surface area contributed by atoms with Crippen LogP contribution in [0, 0.1) is 0 Å². The number of allylic oxidation sites excluding steroid dienone is 2. The lowest BCUT2D eigenvalue weighted by molar-refractivity contribution is 0.801. The number of fused-ring (bicyclic) bond motifs is 17. The molecule has 0 aliphatic heterocycles. The smallest absolute Gasteiger partial charge is 0.0731 e. The van der Waals surface area contributed by atoms with Crippen LogP contribution in [0.25, 0.3) is 78.2 Å². The zero-order chi connectivity index (χ0) is 34.7. The Hall–Kier alpha value is -6.24. The zero-order valence-electron chi connectivity index (χ0n) is 29.5. The third-order valence-corrected chi connectivity index (χ3v) is 12.8. The van der Waals surface area contributed by atoms with Crippen LogP contribution in [0.2, 0.25) is 0 Å². The Morgan fingerprint density at radius 2 is 1.09 bits per heavy atom. The minimum atomic E-state index is -0.439. The molecule has 0 saturated heterocycles. The summed E-state index contributed by atoms with van der Waals surface area (Å²) in [5.41, 5.74) is 21.5. The van der Waals surface area contributed by atoms with Gasteiger partial charge in [-0.2, -0.15) is 0 Å². The van der Waals surface area contributed by atoms with Gasteiger partial charge >= 0.3 is 0 Å². The maximum Gasteiger partial charge on any atom is 0.0731 e. The summed E-state index contributed by atoms with van der Waals surface area (Å²) in [6.45, 7) is 0. The van der Waals surface area contributed by atoms with Crippen molar-refractivity contribution in [2.75, 3.05) is 0 Å². The highest BCUT2D eigenvalue weighted by atomic mass is 14.5. The van der Waals surface area contributed by atoms with Gasteiger partial charge in [-0.15, -0.1) is 0 Å². The van der Waals surface area contributed by atoms with Gasteiger partial charge in [0.1, 0.15) is 0 Å². The lowest BCUT2D eigenvalue weighted by Gasteiger charge is -2.32. The first-order valence-electron chi connectivity index (χ1n) is 19.2. The molecule has 8 aromatic carbocycles. The van der Waals surface area contributed by atoms with E-state index >= 15 is 0 Å². The van der Waals surface area contributed by atoms with Crippen molar-refractivity contribution in [1.82, 2.24) is 0 Å². The molecule has 0 bridgehead atoms. The molecule has 8 aromatic rings. The van der Waals surface area contributed by atoms with Gasteiger partial charge in [-0.1, -0.05) is 146 Å². The summed E-state index contributed by atoms with van der Waals surface area (Å²) in [4.78, 5) is 0. The van der Waals surface area contributed by atoms with Crippen LogP contribution in [0.5, 0.6) is 0 Å². The molecule has 248 valence electrons. The minimum Gasteiger partial charge on any atom is -0.0836 e. The topological polar surface area (TPSA) is 0 Å². The fourth-order valence-electron chi connectivity index (χ4n) is 10.5. The van der Waals surface area contributed by atoms with Crippen molar-refractivity contribution >= 4 is 33.7 Å². The van der Waals surface area contributed by atoms with Crippen LogP contribution < -0.4 is 0 Å². The molecule has 4 aliphatic carbocycles. The van der Waals surface area contributed by atoms with E-state index < -0.39 is 5.41 Å². The van der Waals surface area contributed by atoms with Crippen LogP contribution in [-0.2, 0) is 18.3 Å². The van der Waals surface area contributed by atoms with Crippen molar-refractivity contribution in [3.05, 3.63) is 202 Å². The van der Waals surface area contributed by atoms with Gasteiger partial charge in [0.15, 0.2) is 0 Å². The van der Waals surface area contributed by atoms with Crippen LogP contribution in [0.15, 0.2) is 158 Å². The van der Waals surface area contributed by atoms with Crippen LogP contribution in [0.3, 0.4) is 0 Å². The number of hydrogen-bond acceptors (Lipinski definition) is 0. The Labute approximate surface area is 310 Å². The quantitative estimate of drug-likeness (QED) is 0.171. The van der Waals surface area contributed by atoms with Crippen LogP contribution in [0.4, 0.5) is 0 Å². The second-order valence-electron chi connectivity index (χ2n) is 15.4. The van der Waals surface area contributed by atoms with Crippen LogP contribution >= 0.6 is 0 Å². The summed E-state index contributed by atoms with van der Waals surface area (Å²) >= 11 is 0. The van der Waals surface area contributed by atoms with E-state index in [0.29, 0.717) is 0 Å². The number of rotatable bonds is 2. The average molecular weight is 673 g/mol. The summed E-state index contributed by atoms with van der Waals surface area (Å²) < 4.78 is 0. The van der Waals surface area contributed by atoms with Gasteiger partial charge in [-0.25, -0.2) is 0 Å². The molecule has 0 nitrogen and oxygen atoms in total. The molecule has 0 amide bonds. The second-order valence-corrected chi connectivity index (χ2v) is 15.4. The van der Waals surface area contributed by atoms with Gasteiger partial charge in [0.25, 0.3) is 0 Å². The number of aryl methyl sites for hydroxylation is 2. The second kappa shape index (κ2) is 10.9. The molecule has 0 heterocycles. The molecule has 0 unspecified atom stereocenters. The van der Waals surface area contributed by atoms with Gasteiger partial charge in [0.2, 0.25) is 0 Å². The van der Waals surface area contributed by atoms with E-state index in [0.717, 1.165) is 25.7 Å². The Kier molecular flexibility index (Phi) is 6.03. The molecule has 0 N–H and O–H groups in total. The predicted octanol–water partition coefficient (Wildman–Crippen LogP) is 13.6. The molecule has 0 aromatic heterocycles. The largest absolute Gasteiger partial charge is 0.0836 e. The Morgan fingerprint density at radius 3 is 1.96 bits per heavy atom. The molecule has 0 heteroatoms. The Bertz CT molecular complexity index is 2900. The van der Waals surface area contributed by atoms with E-state index in [-0.39, 0.29) is 0 Å². The van der Waals surface area contributed by atoms with E-state index in [1.54, 1.807) is 0 Å². The van der Waals surface area contributed by atoms with Crippen molar-refractivity contribution < 1.29 is 0 Å². The first-order chi connectivity index (χ1) is 26.3. The highest BCUT2D eigenvalue weighted by molar-refractivity contribution is 6.09. The summed E-state index contributed by atoms with van der Waals surface area (Å²) in [6.07, 6.45) is 13.8. The standard InChI is InChI=1S/C53H36/c1-3-13-35-29-37(23-21-33(35)11-1)39-25-27-45-47(31-39)41-15-5-6-18-44(41)51-46-28-26-40(38-24-22-34-12-2-4-14-36(34)30-38)32-50(46)53(52(45)51)48-19-9-7-16-42(48)43-17-8-10-20-49(43)53/h1,3-4,6-11,13-14,16-32H,2,5,12,15H2. The van der Waals surface area contributed by atoms with Crippen molar-refractivity contribution in [2.24, 2.45) is 0 Å². The van der Waals surface area contributed by atoms with Crippen molar-refractivity contribution in [1.29, 1.82) is 0 Å². The third kappa shape index (κ3) is 3.96. The van der Waals surface area contributed by atoms with E-state index in [4.69, 9.17) is 0 Å². The lowest BCUT2D eigenvalue weighted by Crippen LogP contribution is -2.26. The zero-order valence-corrected chi connectivity index (χ0v) is 29.5. The molecule has 1 spiro atoms. The minimum absolute atomic E-state index is 0.439. The molecule has 0 radical (unpaired) electrons. The molecule has 0 atom stereocenters. The maximum atomic E-state index is 2.55. The first kappa shape index (κ1) is 29.3. The van der Waals surface area contributed by atoms with Crippen molar-refractivity contribution in [3.8, 4) is 44.5 Å². The normalized spacial score (nSPS) is 15.2. The summed E-state index contributed by atoms with van der Waals surface area (Å²) in [6, 6.07) is 55.9. The van der Waals surface area contributed by atoms with E-state index in [1.165, 1.54) is 111 Å². The molecule has 0 saturated carbocycles. The summed E-state index contributed by atoms with van der Waals surface area (Å²) in [7, 11) is 0. The number of benzene rings is 8. The molecule has 12 rings (SSSR count). The SMILES string of the molecule is C1=Cc2cc(-c3ccc4c(c3)C3(c5ccccc5-c5ccccc53)c3c-4c4c(c5cc(-c6ccc7ccccc7c6)ccc35)CCC=C4)ccc2CC1.